The summed E-state index contributed by atoms with van der Waals surface area (Å²) in [6.07, 6.45) is 1.28. The van der Waals surface area contributed by atoms with Crippen molar-refractivity contribution >= 4 is 21.5 Å². The highest BCUT2D eigenvalue weighted by Gasteiger charge is 2.44. The van der Waals surface area contributed by atoms with Gasteiger partial charge in [-0.2, -0.15) is 4.31 Å². The molecular formula is C16H16N2O5S. The first-order valence-corrected chi connectivity index (χ1v) is 8.96. The molecule has 8 heteroatoms. The standard InChI is InChI=1S/C16H16N2O5S/c1-2-11-10-17(13-5-8-16(19)15(11)9-13)24(22,23)14-6-3-12(4-7-14)18(20)21/h3-4,6-7,13,15H,1,5,8-10H2/t13-,15+/m1/s1. The minimum absolute atomic E-state index is 0.00635. The lowest BCUT2D eigenvalue weighted by Crippen LogP contribution is -2.51. The molecule has 3 rings (SSSR count). The maximum Gasteiger partial charge on any atom is 0.269 e. The van der Waals surface area contributed by atoms with Crippen LogP contribution in [0.5, 0.6) is 0 Å². The monoisotopic (exact) mass is 348 g/mol. The van der Waals surface area contributed by atoms with Crippen molar-refractivity contribution in [1.29, 1.82) is 0 Å². The van der Waals surface area contributed by atoms with Gasteiger partial charge in [-0.05, 0) is 30.5 Å². The molecule has 1 aromatic carbocycles. The van der Waals surface area contributed by atoms with Gasteiger partial charge in [0.25, 0.3) is 5.69 Å². The second-order valence-electron chi connectivity index (χ2n) is 5.95. The van der Waals surface area contributed by atoms with Crippen LogP contribution in [0.2, 0.25) is 0 Å². The van der Waals surface area contributed by atoms with Gasteiger partial charge >= 0.3 is 0 Å². The SMILES string of the molecule is C=C=C1CN(S(=O)(=O)c2ccc([N+](=O)[O-])cc2)[C@@H]2CCC(=O)[C@H]1C2. The van der Waals surface area contributed by atoms with E-state index in [0.29, 0.717) is 24.8 Å². The number of benzene rings is 1. The number of hydrogen-bond acceptors (Lipinski definition) is 5. The van der Waals surface area contributed by atoms with E-state index in [1.165, 1.54) is 28.6 Å². The molecule has 0 radical (unpaired) electrons. The summed E-state index contributed by atoms with van der Waals surface area (Å²) in [5.41, 5.74) is 3.15. The first-order valence-electron chi connectivity index (χ1n) is 7.52. The number of carbonyl (C=O) groups excluding carboxylic acids is 1. The summed E-state index contributed by atoms with van der Waals surface area (Å²) in [7, 11) is -3.80. The number of Topliss-reactive ketones (excluding diaryl/α,β-unsaturated/α-hetero) is 1. The van der Waals surface area contributed by atoms with Crippen molar-refractivity contribution in [2.45, 2.75) is 30.2 Å². The average Bonchev–Trinajstić information content (AvgIpc) is 2.58. The van der Waals surface area contributed by atoms with Gasteiger partial charge in [-0.3, -0.25) is 14.9 Å². The Morgan fingerprint density at radius 2 is 1.96 bits per heavy atom. The maximum atomic E-state index is 12.9. The number of nitro groups is 1. The van der Waals surface area contributed by atoms with E-state index in [1.807, 2.05) is 0 Å². The van der Waals surface area contributed by atoms with E-state index >= 15 is 0 Å². The summed E-state index contributed by atoms with van der Waals surface area (Å²) in [5, 5.41) is 10.7. The van der Waals surface area contributed by atoms with Gasteiger partial charge in [0.2, 0.25) is 10.0 Å². The Hall–Kier alpha value is -2.28. The first-order chi connectivity index (χ1) is 11.3. The number of fused-ring (bicyclic) bond motifs is 2. The molecule has 7 nitrogen and oxygen atoms in total. The van der Waals surface area contributed by atoms with Crippen molar-refractivity contribution in [2.75, 3.05) is 6.54 Å². The van der Waals surface area contributed by atoms with Gasteiger partial charge < -0.3 is 0 Å². The molecule has 0 amide bonds. The van der Waals surface area contributed by atoms with Gasteiger partial charge in [0, 0.05) is 37.1 Å². The Kier molecular flexibility index (Phi) is 4.13. The molecule has 0 spiro atoms. The van der Waals surface area contributed by atoms with E-state index in [4.69, 9.17) is 0 Å². The maximum absolute atomic E-state index is 12.9. The third kappa shape index (κ3) is 2.69. The van der Waals surface area contributed by atoms with Crippen molar-refractivity contribution in [3.05, 3.63) is 52.3 Å². The normalized spacial score (nSPS) is 24.5. The molecule has 126 valence electrons. The van der Waals surface area contributed by atoms with E-state index in [-0.39, 0.29) is 34.9 Å². The van der Waals surface area contributed by atoms with E-state index in [9.17, 15) is 23.3 Å². The van der Waals surface area contributed by atoms with Crippen molar-refractivity contribution in [1.82, 2.24) is 4.31 Å². The van der Waals surface area contributed by atoms with E-state index in [2.05, 4.69) is 12.3 Å². The number of piperidine rings is 1. The topological polar surface area (TPSA) is 97.6 Å². The molecule has 0 aromatic heterocycles. The van der Waals surface area contributed by atoms with Crippen LogP contribution in [-0.4, -0.2) is 36.0 Å². The van der Waals surface area contributed by atoms with Crippen LogP contribution in [0.1, 0.15) is 19.3 Å². The Balaban J connectivity index is 1.96. The number of ketones is 1. The highest BCUT2D eigenvalue weighted by Crippen LogP contribution is 2.38. The Morgan fingerprint density at radius 1 is 1.29 bits per heavy atom. The summed E-state index contributed by atoms with van der Waals surface area (Å²) in [6, 6.07) is 4.59. The highest BCUT2D eigenvalue weighted by atomic mass is 32.2. The lowest BCUT2D eigenvalue weighted by Gasteiger charge is -2.42. The van der Waals surface area contributed by atoms with E-state index in [1.54, 1.807) is 0 Å². The van der Waals surface area contributed by atoms with E-state index < -0.39 is 14.9 Å². The van der Waals surface area contributed by atoms with Gasteiger partial charge in [0.1, 0.15) is 5.78 Å². The summed E-state index contributed by atoms with van der Waals surface area (Å²) in [6.45, 7) is 3.66. The minimum atomic E-state index is -3.80. The fourth-order valence-corrected chi connectivity index (χ4v) is 4.99. The van der Waals surface area contributed by atoms with Crippen LogP contribution < -0.4 is 0 Å². The fraction of sp³-hybridized carbons (Fsp3) is 0.375. The summed E-state index contributed by atoms with van der Waals surface area (Å²) < 4.78 is 27.2. The van der Waals surface area contributed by atoms with E-state index in [0.717, 1.165) is 0 Å². The van der Waals surface area contributed by atoms with Crippen molar-refractivity contribution < 1.29 is 18.1 Å². The molecule has 2 atom stereocenters. The number of non-ortho nitro benzene ring substituents is 1. The third-order valence-electron chi connectivity index (χ3n) is 4.66. The molecule has 1 aliphatic heterocycles. The number of hydrogen-bond donors (Lipinski definition) is 0. The number of sulfonamides is 1. The largest absolute Gasteiger partial charge is 0.299 e. The predicted molar refractivity (Wildman–Crippen MR) is 85.8 cm³/mol. The zero-order valence-corrected chi connectivity index (χ0v) is 13.7. The van der Waals surface area contributed by atoms with Crippen molar-refractivity contribution in [3.63, 3.8) is 0 Å². The molecule has 2 fully saturated rings. The predicted octanol–water partition coefficient (Wildman–Crippen LogP) is 2.05. The number of nitrogens with zero attached hydrogens (tertiary/aromatic N) is 2. The lowest BCUT2D eigenvalue weighted by atomic mass is 9.77. The van der Waals surface area contributed by atoms with Crippen LogP contribution in [0.4, 0.5) is 5.69 Å². The Bertz CT molecular complexity index is 853. The molecule has 0 unspecified atom stereocenters. The van der Waals surface area contributed by atoms with Gasteiger partial charge in [-0.15, -0.1) is 5.73 Å². The number of carbonyl (C=O) groups is 1. The van der Waals surface area contributed by atoms with Crippen LogP contribution in [-0.2, 0) is 14.8 Å². The molecule has 24 heavy (non-hydrogen) atoms. The molecule has 1 heterocycles. The van der Waals surface area contributed by atoms with Crippen molar-refractivity contribution in [3.8, 4) is 0 Å². The molecule has 2 bridgehead atoms. The van der Waals surface area contributed by atoms with Gasteiger partial charge in [-0.1, -0.05) is 6.58 Å². The fourth-order valence-electron chi connectivity index (χ4n) is 3.35. The summed E-state index contributed by atoms with van der Waals surface area (Å²) in [4.78, 5) is 22.1. The second kappa shape index (κ2) is 5.98. The first kappa shape index (κ1) is 16.6. The number of nitro benzene ring substituents is 1. The molecular weight excluding hydrogens is 332 g/mol. The van der Waals surface area contributed by atoms with Crippen LogP contribution in [0, 0.1) is 16.0 Å². The summed E-state index contributed by atoms with van der Waals surface area (Å²) >= 11 is 0. The minimum Gasteiger partial charge on any atom is -0.299 e. The van der Waals surface area contributed by atoms with Crippen LogP contribution in [0.25, 0.3) is 0 Å². The van der Waals surface area contributed by atoms with Crippen LogP contribution >= 0.6 is 0 Å². The molecule has 1 aliphatic carbocycles. The van der Waals surface area contributed by atoms with Crippen molar-refractivity contribution in [2.24, 2.45) is 5.92 Å². The molecule has 0 N–H and O–H groups in total. The Morgan fingerprint density at radius 3 is 2.54 bits per heavy atom. The molecule has 1 saturated carbocycles. The Labute approximate surface area is 139 Å². The zero-order valence-electron chi connectivity index (χ0n) is 12.8. The average molecular weight is 348 g/mol. The van der Waals surface area contributed by atoms with Gasteiger partial charge in [-0.25, -0.2) is 8.42 Å². The lowest BCUT2D eigenvalue weighted by molar-refractivity contribution is -0.384. The summed E-state index contributed by atoms with van der Waals surface area (Å²) in [5.74, 6) is -0.172. The quantitative estimate of drug-likeness (QED) is 0.473. The number of rotatable bonds is 3. The van der Waals surface area contributed by atoms with Gasteiger partial charge in [0.05, 0.1) is 9.82 Å². The smallest absolute Gasteiger partial charge is 0.269 e. The zero-order chi connectivity index (χ0) is 17.5. The molecule has 1 saturated heterocycles. The second-order valence-corrected chi connectivity index (χ2v) is 7.84. The van der Waals surface area contributed by atoms with Gasteiger partial charge in [0.15, 0.2) is 0 Å². The molecule has 1 aromatic rings. The van der Waals surface area contributed by atoms with Crippen LogP contribution in [0.15, 0.2) is 47.0 Å². The molecule has 2 aliphatic rings. The third-order valence-corrected chi connectivity index (χ3v) is 6.57. The van der Waals surface area contributed by atoms with Crippen LogP contribution in [0.3, 0.4) is 0 Å². The highest BCUT2D eigenvalue weighted by molar-refractivity contribution is 7.89.